The number of anilines is 1. The van der Waals surface area contributed by atoms with E-state index in [0.29, 0.717) is 5.13 Å². The van der Waals surface area contributed by atoms with Crippen LogP contribution in [0.3, 0.4) is 0 Å². The summed E-state index contributed by atoms with van der Waals surface area (Å²) in [6.07, 6.45) is 2.72. The lowest BCUT2D eigenvalue weighted by molar-refractivity contribution is 0.741. The minimum absolute atomic E-state index is 0.628. The van der Waals surface area contributed by atoms with Gasteiger partial charge in [0.15, 0.2) is 10.8 Å². The largest absolute Gasteiger partial charge is 0.375 e. The second-order valence-corrected chi connectivity index (χ2v) is 5.67. The molecule has 0 saturated carbocycles. The zero-order valence-corrected chi connectivity index (χ0v) is 12.3. The number of fused-ring (bicyclic) bond motifs is 1. The monoisotopic (exact) mass is 288 g/mol. The summed E-state index contributed by atoms with van der Waals surface area (Å²) in [6.45, 7) is 3.95. The van der Waals surface area contributed by atoms with Crippen molar-refractivity contribution < 1.29 is 0 Å². The molecule has 3 heterocycles. The van der Waals surface area contributed by atoms with Crippen LogP contribution in [0.1, 0.15) is 29.5 Å². The van der Waals surface area contributed by atoms with E-state index in [0.717, 1.165) is 47.9 Å². The summed E-state index contributed by atoms with van der Waals surface area (Å²) in [5.41, 5.74) is 8.50. The molecule has 104 valence electrons. The maximum absolute atomic E-state index is 5.63. The van der Waals surface area contributed by atoms with Gasteiger partial charge in [0, 0.05) is 23.6 Å². The molecule has 3 aromatic rings. The van der Waals surface area contributed by atoms with E-state index in [4.69, 9.17) is 5.73 Å². The van der Waals surface area contributed by atoms with Crippen LogP contribution in [0, 0.1) is 13.8 Å². The highest BCUT2D eigenvalue weighted by atomic mass is 32.1. The lowest BCUT2D eigenvalue weighted by atomic mass is 10.2. The molecule has 0 atom stereocenters. The number of hydrogen-bond donors (Lipinski definition) is 1. The van der Waals surface area contributed by atoms with Gasteiger partial charge in [-0.3, -0.25) is 4.40 Å². The summed E-state index contributed by atoms with van der Waals surface area (Å²) < 4.78 is 2.02. The summed E-state index contributed by atoms with van der Waals surface area (Å²) >= 11 is 1.48. The van der Waals surface area contributed by atoms with E-state index in [9.17, 15) is 0 Å². The van der Waals surface area contributed by atoms with Gasteiger partial charge < -0.3 is 5.73 Å². The van der Waals surface area contributed by atoms with Crippen molar-refractivity contribution in [3.05, 3.63) is 34.5 Å². The standard InChI is InChI=1S/C13H16N6S/c1-8-6-12-18-17-11(19(12)9(2)15-8)5-3-4-10-7-20-13(14)16-10/h6-7H,3-5H2,1-2H3,(H2,14,16). The van der Waals surface area contributed by atoms with Gasteiger partial charge in [-0.2, -0.15) is 0 Å². The van der Waals surface area contributed by atoms with Crippen molar-refractivity contribution in [2.75, 3.05) is 5.73 Å². The average molecular weight is 288 g/mol. The first-order chi connectivity index (χ1) is 9.63. The number of nitrogens with two attached hydrogens (primary N) is 1. The predicted octanol–water partition coefficient (Wildman–Crippen LogP) is 1.96. The lowest BCUT2D eigenvalue weighted by Crippen LogP contribution is -2.03. The van der Waals surface area contributed by atoms with Gasteiger partial charge in [0.05, 0.1) is 5.69 Å². The maximum Gasteiger partial charge on any atom is 0.180 e. The van der Waals surface area contributed by atoms with Gasteiger partial charge in [-0.15, -0.1) is 21.5 Å². The average Bonchev–Trinajstić information content (AvgIpc) is 2.96. The molecule has 3 aromatic heterocycles. The fraction of sp³-hybridized carbons (Fsp3) is 0.385. The van der Waals surface area contributed by atoms with Crippen LogP contribution in [0.15, 0.2) is 11.4 Å². The number of aryl methyl sites for hydroxylation is 4. The molecule has 0 aromatic carbocycles. The van der Waals surface area contributed by atoms with Crippen LogP contribution < -0.4 is 5.73 Å². The van der Waals surface area contributed by atoms with E-state index in [1.54, 1.807) is 0 Å². The molecule has 0 aliphatic rings. The smallest absolute Gasteiger partial charge is 0.180 e. The molecule has 0 saturated heterocycles. The highest BCUT2D eigenvalue weighted by Gasteiger charge is 2.09. The molecule has 0 amide bonds. The Morgan fingerprint density at radius 3 is 2.80 bits per heavy atom. The van der Waals surface area contributed by atoms with Gasteiger partial charge >= 0.3 is 0 Å². The molecular formula is C13H16N6S. The summed E-state index contributed by atoms with van der Waals surface area (Å²) in [4.78, 5) is 8.72. The van der Waals surface area contributed by atoms with Crippen LogP contribution in [0.4, 0.5) is 5.13 Å². The van der Waals surface area contributed by atoms with Crippen LogP contribution in [0.25, 0.3) is 5.65 Å². The van der Waals surface area contributed by atoms with E-state index in [1.807, 2.05) is 29.7 Å². The molecule has 0 spiro atoms. The van der Waals surface area contributed by atoms with Gasteiger partial charge in [0.2, 0.25) is 0 Å². The van der Waals surface area contributed by atoms with E-state index in [2.05, 4.69) is 20.2 Å². The molecule has 0 unspecified atom stereocenters. The van der Waals surface area contributed by atoms with Crippen molar-refractivity contribution in [1.29, 1.82) is 0 Å². The van der Waals surface area contributed by atoms with Gasteiger partial charge in [-0.1, -0.05) is 0 Å². The molecular weight excluding hydrogens is 272 g/mol. The third-order valence-corrected chi connectivity index (χ3v) is 3.88. The number of nitrogen functional groups attached to an aromatic ring is 1. The minimum atomic E-state index is 0.628. The van der Waals surface area contributed by atoms with Crippen molar-refractivity contribution in [1.82, 2.24) is 24.6 Å². The molecule has 7 heteroatoms. The summed E-state index contributed by atoms with van der Waals surface area (Å²) in [7, 11) is 0. The Morgan fingerprint density at radius 2 is 2.05 bits per heavy atom. The highest BCUT2D eigenvalue weighted by molar-refractivity contribution is 7.13. The van der Waals surface area contributed by atoms with Crippen molar-refractivity contribution in [3.8, 4) is 0 Å². The van der Waals surface area contributed by atoms with E-state index in [1.165, 1.54) is 11.3 Å². The molecule has 0 aliphatic heterocycles. The number of rotatable bonds is 4. The van der Waals surface area contributed by atoms with Crippen molar-refractivity contribution in [3.63, 3.8) is 0 Å². The number of aromatic nitrogens is 5. The Morgan fingerprint density at radius 1 is 1.20 bits per heavy atom. The zero-order chi connectivity index (χ0) is 14.1. The molecule has 0 fully saturated rings. The summed E-state index contributed by atoms with van der Waals surface area (Å²) in [6, 6.07) is 1.95. The third kappa shape index (κ3) is 2.49. The van der Waals surface area contributed by atoms with E-state index in [-0.39, 0.29) is 0 Å². The molecule has 0 bridgehead atoms. The molecule has 0 aliphatic carbocycles. The zero-order valence-electron chi connectivity index (χ0n) is 11.5. The first-order valence-corrected chi connectivity index (χ1v) is 7.39. The Bertz CT molecular complexity index is 744. The van der Waals surface area contributed by atoms with Crippen LogP contribution in [-0.2, 0) is 12.8 Å². The normalized spacial score (nSPS) is 11.3. The first-order valence-electron chi connectivity index (χ1n) is 6.51. The van der Waals surface area contributed by atoms with Crippen LogP contribution in [0.5, 0.6) is 0 Å². The number of hydrogen-bond acceptors (Lipinski definition) is 6. The Kier molecular flexibility index (Phi) is 3.35. The quantitative estimate of drug-likeness (QED) is 0.793. The fourth-order valence-corrected chi connectivity index (χ4v) is 2.93. The maximum atomic E-state index is 5.63. The van der Waals surface area contributed by atoms with Crippen molar-refractivity contribution in [2.24, 2.45) is 0 Å². The van der Waals surface area contributed by atoms with Gasteiger partial charge in [-0.05, 0) is 26.7 Å². The van der Waals surface area contributed by atoms with E-state index >= 15 is 0 Å². The van der Waals surface area contributed by atoms with Gasteiger partial charge in [-0.25, -0.2) is 9.97 Å². The Labute approximate surface area is 120 Å². The summed E-state index contributed by atoms with van der Waals surface area (Å²) in [5, 5.41) is 11.1. The first kappa shape index (κ1) is 13.0. The fourth-order valence-electron chi connectivity index (χ4n) is 2.33. The Hall–Kier alpha value is -2.02. The number of thiazole rings is 1. The lowest BCUT2D eigenvalue weighted by Gasteiger charge is -2.03. The van der Waals surface area contributed by atoms with Crippen LogP contribution in [0.2, 0.25) is 0 Å². The highest BCUT2D eigenvalue weighted by Crippen LogP contribution is 2.14. The minimum Gasteiger partial charge on any atom is -0.375 e. The second kappa shape index (κ2) is 5.16. The predicted molar refractivity (Wildman–Crippen MR) is 78.8 cm³/mol. The number of nitrogens with zero attached hydrogens (tertiary/aromatic N) is 5. The van der Waals surface area contributed by atoms with Crippen LogP contribution in [-0.4, -0.2) is 24.6 Å². The van der Waals surface area contributed by atoms with Crippen LogP contribution >= 0.6 is 11.3 Å². The summed E-state index contributed by atoms with van der Waals surface area (Å²) in [5.74, 6) is 1.88. The molecule has 3 rings (SSSR count). The molecule has 6 nitrogen and oxygen atoms in total. The van der Waals surface area contributed by atoms with Crippen molar-refractivity contribution in [2.45, 2.75) is 33.1 Å². The molecule has 20 heavy (non-hydrogen) atoms. The molecule has 0 radical (unpaired) electrons. The van der Waals surface area contributed by atoms with Gasteiger partial charge in [0.25, 0.3) is 0 Å². The SMILES string of the molecule is Cc1cc2nnc(CCCc3csc(N)n3)n2c(C)n1. The van der Waals surface area contributed by atoms with E-state index < -0.39 is 0 Å². The van der Waals surface area contributed by atoms with Gasteiger partial charge in [0.1, 0.15) is 11.6 Å². The Balaban J connectivity index is 1.74. The third-order valence-electron chi connectivity index (χ3n) is 3.16. The van der Waals surface area contributed by atoms with Crippen molar-refractivity contribution >= 4 is 22.1 Å². The molecule has 2 N–H and O–H groups in total. The second-order valence-electron chi connectivity index (χ2n) is 4.79. The topological polar surface area (TPSA) is 82.0 Å².